The molecule has 1 aromatic heterocycles. The van der Waals surface area contributed by atoms with Crippen molar-refractivity contribution in [3.8, 4) is 17.2 Å². The number of carbonyl (C=O) groups excluding carboxylic acids is 1. The molecule has 0 saturated carbocycles. The summed E-state index contributed by atoms with van der Waals surface area (Å²) < 4.78 is 27.2. The van der Waals surface area contributed by atoms with Crippen molar-refractivity contribution in [2.75, 3.05) is 13.7 Å². The van der Waals surface area contributed by atoms with E-state index in [1.165, 1.54) is 11.3 Å². The summed E-state index contributed by atoms with van der Waals surface area (Å²) >= 11 is 7.17. The highest BCUT2D eigenvalue weighted by molar-refractivity contribution is 14.1. The third-order valence-electron chi connectivity index (χ3n) is 6.97. The Morgan fingerprint density at radius 1 is 1.11 bits per heavy atom. The van der Waals surface area contributed by atoms with Gasteiger partial charge < -0.3 is 18.9 Å². The second-order valence-electron chi connectivity index (χ2n) is 10.4. The number of thiazole rings is 1. The van der Waals surface area contributed by atoms with Crippen molar-refractivity contribution < 1.29 is 23.7 Å². The Morgan fingerprint density at radius 3 is 2.53 bits per heavy atom. The lowest BCUT2D eigenvalue weighted by atomic mass is 9.95. The van der Waals surface area contributed by atoms with E-state index in [2.05, 4.69) is 38.5 Å². The molecule has 0 bridgehead atoms. The van der Waals surface area contributed by atoms with Gasteiger partial charge in [0, 0.05) is 13.6 Å². The number of hydrogen-bond donors (Lipinski definition) is 0. The van der Waals surface area contributed by atoms with Gasteiger partial charge in [0.25, 0.3) is 5.56 Å². The van der Waals surface area contributed by atoms with Crippen LogP contribution in [0.5, 0.6) is 17.2 Å². The molecule has 11 heteroatoms. The fourth-order valence-corrected chi connectivity index (χ4v) is 6.80. The van der Waals surface area contributed by atoms with Gasteiger partial charge in [-0.3, -0.25) is 9.36 Å². The molecule has 1 aliphatic heterocycles. The number of aromatic nitrogens is 1. The zero-order valence-electron chi connectivity index (χ0n) is 25.4. The zero-order chi connectivity index (χ0) is 32.2. The van der Waals surface area contributed by atoms with Gasteiger partial charge in [-0.1, -0.05) is 57.6 Å². The molecule has 0 amide bonds. The Bertz CT molecular complexity index is 1950. The molecule has 0 N–H and O–H groups in total. The van der Waals surface area contributed by atoms with Crippen LogP contribution in [0.3, 0.4) is 0 Å². The average molecular weight is 804 g/mol. The predicted octanol–water partition coefficient (Wildman–Crippen LogP) is 6.54. The number of esters is 1. The highest BCUT2D eigenvalue weighted by Crippen LogP contribution is 2.37. The van der Waals surface area contributed by atoms with Crippen LogP contribution in [0.2, 0.25) is 0 Å². The molecule has 0 radical (unpaired) electrons. The lowest BCUT2D eigenvalue weighted by Gasteiger charge is -2.26. The molecule has 0 unspecified atom stereocenters. The number of benzene rings is 3. The molecular weight excluding hydrogens is 771 g/mol. The van der Waals surface area contributed by atoms with E-state index in [9.17, 15) is 9.59 Å². The van der Waals surface area contributed by atoms with Gasteiger partial charge in [0.2, 0.25) is 0 Å². The lowest BCUT2D eigenvalue weighted by molar-refractivity contribution is -0.139. The lowest BCUT2D eigenvalue weighted by Crippen LogP contribution is -2.40. The first-order valence-corrected chi connectivity index (χ1v) is 17.0. The van der Waals surface area contributed by atoms with Crippen LogP contribution in [0.15, 0.2) is 86.2 Å². The maximum Gasteiger partial charge on any atom is 0.338 e. The fraction of sp³-hybridized carbons (Fsp3) is 0.265. The Kier molecular flexibility index (Phi) is 10.5. The molecule has 1 atom stereocenters. The minimum atomic E-state index is -0.785. The van der Waals surface area contributed by atoms with Crippen LogP contribution in [0.1, 0.15) is 50.4 Å². The largest absolute Gasteiger partial charge is 0.493 e. The second-order valence-corrected chi connectivity index (χ2v) is 13.6. The second kappa shape index (κ2) is 14.3. The maximum absolute atomic E-state index is 14.2. The quantitative estimate of drug-likeness (QED) is 0.134. The Hall–Kier alpha value is -3.42. The van der Waals surface area contributed by atoms with Gasteiger partial charge in [0.15, 0.2) is 16.3 Å². The van der Waals surface area contributed by atoms with Crippen molar-refractivity contribution in [1.29, 1.82) is 0 Å². The molecule has 0 spiro atoms. The van der Waals surface area contributed by atoms with E-state index in [4.69, 9.17) is 23.9 Å². The number of rotatable bonds is 10. The minimum Gasteiger partial charge on any atom is -0.493 e. The molecule has 8 nitrogen and oxygen atoms in total. The number of nitrogens with zero attached hydrogens (tertiary/aromatic N) is 2. The van der Waals surface area contributed by atoms with Crippen molar-refractivity contribution in [3.63, 3.8) is 0 Å². The van der Waals surface area contributed by atoms with Crippen LogP contribution in [0.25, 0.3) is 6.08 Å². The standard InChI is InChI=1S/C34H32BrIN2O6S/c1-6-42-33(40)30-20(4)37-34-38(31(30)24-9-7-8-10-26(24)44-19(2)3)32(39)29(45-34)16-22-15-27(41-5)28(17-25(22)35)43-18-21-11-13-23(36)14-12-21/h7-17,19,31H,6,18H2,1-5H3/b29-16+/t31-/m1/s1. The number of ether oxygens (including phenoxy) is 4. The van der Waals surface area contributed by atoms with E-state index in [0.29, 0.717) is 50.0 Å². The smallest absolute Gasteiger partial charge is 0.338 e. The molecule has 4 aromatic rings. The van der Waals surface area contributed by atoms with Crippen molar-refractivity contribution in [1.82, 2.24) is 4.57 Å². The molecule has 1 aliphatic rings. The normalized spacial score (nSPS) is 14.7. The summed E-state index contributed by atoms with van der Waals surface area (Å²) in [5, 5.41) is 0. The molecule has 5 rings (SSSR count). The number of para-hydroxylation sites is 1. The van der Waals surface area contributed by atoms with Crippen LogP contribution >= 0.6 is 49.9 Å². The summed E-state index contributed by atoms with van der Waals surface area (Å²) in [6, 6.07) is 18.4. The van der Waals surface area contributed by atoms with Gasteiger partial charge in [0.05, 0.1) is 35.6 Å². The first kappa shape index (κ1) is 33.0. The zero-order valence-corrected chi connectivity index (χ0v) is 30.0. The highest BCUT2D eigenvalue weighted by Gasteiger charge is 2.35. The number of methoxy groups -OCH3 is 1. The number of allylic oxidation sites excluding steroid dienone is 1. The average Bonchev–Trinajstić information content (AvgIpc) is 3.31. The monoisotopic (exact) mass is 802 g/mol. The first-order valence-electron chi connectivity index (χ1n) is 14.3. The summed E-state index contributed by atoms with van der Waals surface area (Å²) in [5.41, 5.74) is 2.93. The maximum atomic E-state index is 14.2. The summed E-state index contributed by atoms with van der Waals surface area (Å²) in [7, 11) is 1.58. The molecule has 2 heterocycles. The van der Waals surface area contributed by atoms with Gasteiger partial charge in [-0.2, -0.15) is 0 Å². The van der Waals surface area contributed by atoms with Crippen molar-refractivity contribution in [2.24, 2.45) is 4.99 Å². The van der Waals surface area contributed by atoms with Gasteiger partial charge in [-0.25, -0.2) is 9.79 Å². The van der Waals surface area contributed by atoms with Crippen molar-refractivity contribution in [2.45, 2.75) is 46.4 Å². The number of hydrogen-bond acceptors (Lipinski definition) is 8. The van der Waals surface area contributed by atoms with E-state index in [-0.39, 0.29) is 18.3 Å². The van der Waals surface area contributed by atoms with E-state index >= 15 is 0 Å². The molecule has 0 aliphatic carbocycles. The molecular formula is C34H32BrIN2O6S. The van der Waals surface area contributed by atoms with Crippen LogP contribution in [0.4, 0.5) is 0 Å². The number of fused-ring (bicyclic) bond motifs is 1. The highest BCUT2D eigenvalue weighted by atomic mass is 127. The van der Waals surface area contributed by atoms with Gasteiger partial charge in [0.1, 0.15) is 18.4 Å². The van der Waals surface area contributed by atoms with E-state index in [1.807, 2.05) is 74.5 Å². The number of carbonyl (C=O) groups is 1. The van der Waals surface area contributed by atoms with Crippen molar-refractivity contribution >= 4 is 61.9 Å². The third kappa shape index (κ3) is 7.20. The molecule has 234 valence electrons. The fourth-order valence-electron chi connectivity index (χ4n) is 4.97. The minimum absolute atomic E-state index is 0.117. The SMILES string of the molecule is CCOC(=O)C1=C(C)N=c2s/c(=C/c3cc(OC)c(OCc4ccc(I)cc4)cc3Br)c(=O)n2[C@@H]1c1ccccc1OC(C)C. The van der Waals surface area contributed by atoms with Gasteiger partial charge in [-0.05, 0) is 97.8 Å². The van der Waals surface area contributed by atoms with E-state index in [1.54, 1.807) is 31.6 Å². The van der Waals surface area contributed by atoms with Gasteiger partial charge in [-0.15, -0.1) is 0 Å². The van der Waals surface area contributed by atoms with Crippen LogP contribution < -0.4 is 29.1 Å². The Morgan fingerprint density at radius 2 is 1.84 bits per heavy atom. The van der Waals surface area contributed by atoms with Crippen LogP contribution in [-0.2, 0) is 16.1 Å². The predicted molar refractivity (Wildman–Crippen MR) is 187 cm³/mol. The van der Waals surface area contributed by atoms with Gasteiger partial charge >= 0.3 is 5.97 Å². The van der Waals surface area contributed by atoms with E-state index < -0.39 is 12.0 Å². The van der Waals surface area contributed by atoms with E-state index in [0.717, 1.165) is 19.2 Å². The summed E-state index contributed by atoms with van der Waals surface area (Å²) in [6.07, 6.45) is 1.67. The van der Waals surface area contributed by atoms with Crippen LogP contribution in [-0.4, -0.2) is 30.4 Å². The summed E-state index contributed by atoms with van der Waals surface area (Å²) in [6.45, 7) is 7.94. The molecule has 45 heavy (non-hydrogen) atoms. The summed E-state index contributed by atoms with van der Waals surface area (Å²) in [4.78, 5) is 32.7. The molecule has 3 aromatic carbocycles. The van der Waals surface area contributed by atoms with Crippen LogP contribution in [0, 0.1) is 3.57 Å². The topological polar surface area (TPSA) is 88.4 Å². The first-order chi connectivity index (χ1) is 21.6. The molecule has 0 fully saturated rings. The Balaban J connectivity index is 1.60. The Labute approximate surface area is 287 Å². The van der Waals surface area contributed by atoms with Crippen molar-refractivity contribution in [3.05, 3.63) is 116 Å². The summed E-state index contributed by atoms with van der Waals surface area (Å²) in [5.74, 6) is 1.15. The number of halogens is 2. The molecule has 0 saturated heterocycles. The third-order valence-corrected chi connectivity index (χ3v) is 9.36.